The summed E-state index contributed by atoms with van der Waals surface area (Å²) in [5.41, 5.74) is -0.495. The predicted molar refractivity (Wildman–Crippen MR) is 67.4 cm³/mol. The summed E-state index contributed by atoms with van der Waals surface area (Å²) >= 11 is 0. The lowest BCUT2D eigenvalue weighted by molar-refractivity contribution is -0.164. The fourth-order valence-corrected chi connectivity index (χ4v) is 3.08. The van der Waals surface area contributed by atoms with Crippen LogP contribution < -0.4 is 0 Å². The average Bonchev–Trinajstić information content (AvgIpc) is 2.19. The van der Waals surface area contributed by atoms with Crippen molar-refractivity contribution in [3.63, 3.8) is 0 Å². The Balaban J connectivity index is 3.11. The third-order valence-electron chi connectivity index (χ3n) is 4.68. The normalized spacial score (nSPS) is 27.1. The molecule has 0 aromatic heterocycles. The molecular weight excluding hydrogens is 234 g/mol. The van der Waals surface area contributed by atoms with Crippen LogP contribution in [0.15, 0.2) is 0 Å². The molecule has 1 rings (SSSR count). The molecule has 1 unspecified atom stereocenters. The van der Waals surface area contributed by atoms with Gasteiger partial charge in [-0.15, -0.1) is 0 Å². The molecule has 0 aromatic carbocycles. The van der Waals surface area contributed by atoms with Crippen LogP contribution >= 0.6 is 0 Å². The van der Waals surface area contributed by atoms with Gasteiger partial charge in [-0.2, -0.15) is 0 Å². The Bertz CT molecular complexity index is 348. The molecule has 0 aromatic rings. The molecule has 0 spiro atoms. The Labute approximate surface area is 108 Å². The van der Waals surface area contributed by atoms with Crippen LogP contribution in [-0.2, 0) is 9.59 Å². The molecule has 18 heavy (non-hydrogen) atoms. The molecular formula is C13H23NO4. The summed E-state index contributed by atoms with van der Waals surface area (Å²) in [6.07, 6.45) is 1.42. The standard InChI is InChI=1S/C13H23NO4/c1-12(2)7-6-8(13(3,4)14(12)5)9(10(15)16)11(17)18/h8-9H,6-7H2,1-5H3,(H,15,16)(H,17,18). The lowest BCUT2D eigenvalue weighted by Crippen LogP contribution is -2.63. The highest BCUT2D eigenvalue weighted by Crippen LogP contribution is 2.44. The number of likely N-dealkylation sites (tertiary alicyclic amines) is 1. The van der Waals surface area contributed by atoms with Gasteiger partial charge in [-0.1, -0.05) is 0 Å². The van der Waals surface area contributed by atoms with E-state index < -0.39 is 23.4 Å². The summed E-state index contributed by atoms with van der Waals surface area (Å²) in [5.74, 6) is -4.20. The van der Waals surface area contributed by atoms with Crippen molar-refractivity contribution in [1.29, 1.82) is 0 Å². The van der Waals surface area contributed by atoms with Crippen LogP contribution in [0.4, 0.5) is 0 Å². The Kier molecular flexibility index (Phi) is 3.77. The zero-order chi connectivity index (χ0) is 14.3. The number of carboxylic acid groups (broad SMARTS) is 2. The number of rotatable bonds is 3. The van der Waals surface area contributed by atoms with Crippen LogP contribution in [0.2, 0.25) is 0 Å². The van der Waals surface area contributed by atoms with Crippen LogP contribution in [0.3, 0.4) is 0 Å². The number of hydrogen-bond acceptors (Lipinski definition) is 3. The lowest BCUT2D eigenvalue weighted by Gasteiger charge is -2.55. The highest BCUT2D eigenvalue weighted by molar-refractivity contribution is 5.93. The van der Waals surface area contributed by atoms with E-state index in [9.17, 15) is 9.59 Å². The van der Waals surface area contributed by atoms with Gasteiger partial charge in [0.2, 0.25) is 0 Å². The Morgan fingerprint density at radius 1 is 1.17 bits per heavy atom. The Morgan fingerprint density at radius 2 is 1.61 bits per heavy atom. The van der Waals surface area contributed by atoms with E-state index in [1.54, 1.807) is 0 Å². The molecule has 1 atom stereocenters. The molecule has 1 fully saturated rings. The number of hydrogen-bond donors (Lipinski definition) is 2. The van der Waals surface area contributed by atoms with Crippen LogP contribution in [0, 0.1) is 11.8 Å². The average molecular weight is 257 g/mol. The van der Waals surface area contributed by atoms with Gasteiger partial charge in [0.05, 0.1) is 0 Å². The van der Waals surface area contributed by atoms with E-state index in [4.69, 9.17) is 10.2 Å². The summed E-state index contributed by atoms with van der Waals surface area (Å²) in [4.78, 5) is 24.5. The number of piperidine rings is 1. The second-order valence-electron chi connectivity index (χ2n) is 6.32. The van der Waals surface area contributed by atoms with Gasteiger partial charge in [0.15, 0.2) is 5.92 Å². The fourth-order valence-electron chi connectivity index (χ4n) is 3.08. The van der Waals surface area contributed by atoms with Crippen LogP contribution in [0.5, 0.6) is 0 Å². The minimum atomic E-state index is -1.33. The second kappa shape index (κ2) is 4.53. The molecule has 0 amide bonds. The summed E-state index contributed by atoms with van der Waals surface area (Å²) in [5, 5.41) is 18.3. The van der Waals surface area contributed by atoms with Crippen molar-refractivity contribution in [2.24, 2.45) is 11.8 Å². The summed E-state index contributed by atoms with van der Waals surface area (Å²) in [6.45, 7) is 8.05. The monoisotopic (exact) mass is 257 g/mol. The molecule has 1 aliphatic heterocycles. The van der Waals surface area contributed by atoms with Crippen molar-refractivity contribution in [3.8, 4) is 0 Å². The molecule has 0 bridgehead atoms. The van der Waals surface area contributed by atoms with Gasteiger partial charge in [0, 0.05) is 17.0 Å². The van der Waals surface area contributed by atoms with Gasteiger partial charge in [0.25, 0.3) is 0 Å². The molecule has 0 radical (unpaired) electrons. The first-order valence-electron chi connectivity index (χ1n) is 6.21. The van der Waals surface area contributed by atoms with E-state index in [2.05, 4.69) is 18.7 Å². The molecule has 1 saturated heterocycles. The molecule has 0 saturated carbocycles. The van der Waals surface area contributed by atoms with Crippen molar-refractivity contribution in [3.05, 3.63) is 0 Å². The summed E-state index contributed by atoms with van der Waals surface area (Å²) in [7, 11) is 1.94. The lowest BCUT2D eigenvalue weighted by atomic mass is 9.67. The first kappa shape index (κ1) is 15.0. The molecule has 2 N–H and O–H groups in total. The third-order valence-corrected chi connectivity index (χ3v) is 4.68. The predicted octanol–water partition coefficient (Wildman–Crippen LogP) is 1.67. The van der Waals surface area contributed by atoms with E-state index in [1.807, 2.05) is 20.9 Å². The number of nitrogens with zero attached hydrogens (tertiary/aromatic N) is 1. The van der Waals surface area contributed by atoms with Gasteiger partial charge in [-0.05, 0) is 47.6 Å². The quantitative estimate of drug-likeness (QED) is 0.752. The molecule has 1 aliphatic rings. The first-order valence-corrected chi connectivity index (χ1v) is 6.21. The number of carboxylic acids is 2. The molecule has 5 heteroatoms. The minimum Gasteiger partial charge on any atom is -0.481 e. The van der Waals surface area contributed by atoms with Crippen LogP contribution in [0.25, 0.3) is 0 Å². The van der Waals surface area contributed by atoms with Crippen molar-refractivity contribution in [2.45, 2.75) is 51.6 Å². The van der Waals surface area contributed by atoms with Crippen molar-refractivity contribution in [2.75, 3.05) is 7.05 Å². The van der Waals surface area contributed by atoms with Gasteiger partial charge in [0.1, 0.15) is 0 Å². The molecule has 104 valence electrons. The molecule has 5 nitrogen and oxygen atoms in total. The summed E-state index contributed by atoms with van der Waals surface area (Å²) < 4.78 is 0. The largest absolute Gasteiger partial charge is 0.481 e. The Hall–Kier alpha value is -1.10. The van der Waals surface area contributed by atoms with Gasteiger partial charge >= 0.3 is 11.9 Å². The van der Waals surface area contributed by atoms with Gasteiger partial charge < -0.3 is 10.2 Å². The topological polar surface area (TPSA) is 77.8 Å². The smallest absolute Gasteiger partial charge is 0.318 e. The van der Waals surface area contributed by atoms with E-state index in [0.29, 0.717) is 6.42 Å². The first-order chi connectivity index (χ1) is 8.01. The molecule has 0 aliphatic carbocycles. The third kappa shape index (κ3) is 2.36. The van der Waals surface area contributed by atoms with Gasteiger partial charge in [-0.3, -0.25) is 14.5 Å². The number of carbonyl (C=O) groups is 2. The van der Waals surface area contributed by atoms with E-state index >= 15 is 0 Å². The van der Waals surface area contributed by atoms with Crippen LogP contribution in [-0.4, -0.2) is 45.2 Å². The molecule has 1 heterocycles. The fraction of sp³-hybridized carbons (Fsp3) is 0.846. The minimum absolute atomic E-state index is 0.0401. The van der Waals surface area contributed by atoms with Crippen LogP contribution in [0.1, 0.15) is 40.5 Å². The second-order valence-corrected chi connectivity index (χ2v) is 6.32. The van der Waals surface area contributed by atoms with E-state index in [1.165, 1.54) is 0 Å². The highest BCUT2D eigenvalue weighted by Gasteiger charge is 2.51. The maximum absolute atomic E-state index is 11.2. The van der Waals surface area contributed by atoms with E-state index in [-0.39, 0.29) is 11.5 Å². The zero-order valence-electron chi connectivity index (χ0n) is 11.7. The maximum Gasteiger partial charge on any atom is 0.318 e. The van der Waals surface area contributed by atoms with Crippen molar-refractivity contribution >= 4 is 11.9 Å². The van der Waals surface area contributed by atoms with E-state index in [0.717, 1.165) is 6.42 Å². The zero-order valence-corrected chi connectivity index (χ0v) is 11.7. The Morgan fingerprint density at radius 3 is 2.00 bits per heavy atom. The SMILES string of the molecule is CN1C(C)(C)CCC(C(C(=O)O)C(=O)O)C1(C)C. The van der Waals surface area contributed by atoms with Gasteiger partial charge in [-0.25, -0.2) is 0 Å². The van der Waals surface area contributed by atoms with Crippen molar-refractivity contribution in [1.82, 2.24) is 4.90 Å². The van der Waals surface area contributed by atoms with Crippen molar-refractivity contribution < 1.29 is 19.8 Å². The maximum atomic E-state index is 11.2. The number of aliphatic carboxylic acids is 2. The highest BCUT2D eigenvalue weighted by atomic mass is 16.4. The summed E-state index contributed by atoms with van der Waals surface area (Å²) in [6, 6.07) is 0.